The van der Waals surface area contributed by atoms with Crippen LogP contribution in [-0.2, 0) is 0 Å². The molecule has 0 amide bonds. The van der Waals surface area contributed by atoms with Gasteiger partial charge in [0.15, 0.2) is 0 Å². The van der Waals surface area contributed by atoms with Crippen molar-refractivity contribution in [3.63, 3.8) is 0 Å². The highest BCUT2D eigenvalue weighted by Crippen LogP contribution is 1.78. The zero-order valence-corrected chi connectivity index (χ0v) is 4.72. The Labute approximate surface area is 44.3 Å². The van der Waals surface area contributed by atoms with Crippen LogP contribution in [-0.4, -0.2) is 11.7 Å². The predicted octanol–water partition coefficient (Wildman–Crippen LogP) is -0.402. The quantitative estimate of drug-likeness (QED) is 0.331. The zero-order chi connectivity index (χ0) is 6.12. The molecule has 46 valence electrons. The van der Waals surface area contributed by atoms with E-state index < -0.39 is 0 Å². The van der Waals surface area contributed by atoms with Crippen LogP contribution in [0.1, 0.15) is 19.8 Å². The average Bonchev–Trinajstić information content (AvgIpc) is 1.75. The van der Waals surface area contributed by atoms with E-state index in [-0.39, 0.29) is 0 Å². The van der Waals surface area contributed by atoms with Gasteiger partial charge in [-0.2, -0.15) is 0 Å². The normalized spacial score (nSPS) is 6.86. The first-order chi connectivity index (χ1) is 3.41. The number of hydrogen-bond donors (Lipinski definition) is 3. The van der Waals surface area contributed by atoms with Crippen molar-refractivity contribution in [1.82, 2.24) is 0 Å². The summed E-state index contributed by atoms with van der Waals surface area (Å²) in [6, 6.07) is 0. The number of nitrogens with two attached hydrogens (primary N) is 2. The summed E-state index contributed by atoms with van der Waals surface area (Å²) in [5.41, 5.74) is 0. The second-order valence-corrected chi connectivity index (χ2v) is 1.08. The molecule has 3 nitrogen and oxygen atoms in total. The summed E-state index contributed by atoms with van der Waals surface area (Å²) in [6.45, 7) is 2.40. The van der Waals surface area contributed by atoms with Crippen LogP contribution in [0.3, 0.4) is 0 Å². The minimum Gasteiger partial charge on any atom is -0.396 e. The van der Waals surface area contributed by atoms with Crippen LogP contribution in [0.4, 0.5) is 0 Å². The molecule has 3 heteroatoms. The van der Waals surface area contributed by atoms with Gasteiger partial charge in [-0.1, -0.05) is 13.3 Å². The van der Waals surface area contributed by atoms with Gasteiger partial charge in [0.1, 0.15) is 0 Å². The second-order valence-electron chi connectivity index (χ2n) is 1.08. The number of rotatable bonds is 2. The highest BCUT2D eigenvalue weighted by Gasteiger charge is 1.69. The van der Waals surface area contributed by atoms with Crippen LogP contribution in [0.25, 0.3) is 0 Å². The molecule has 0 spiro atoms. The SMILES string of the molecule is CCCCO.NN. The van der Waals surface area contributed by atoms with Crippen molar-refractivity contribution in [2.24, 2.45) is 11.7 Å². The molecule has 0 aliphatic carbocycles. The molecule has 0 heterocycles. The van der Waals surface area contributed by atoms with Crippen molar-refractivity contribution in [3.05, 3.63) is 0 Å². The maximum atomic E-state index is 8.07. The molecule has 0 aromatic carbocycles. The van der Waals surface area contributed by atoms with E-state index >= 15 is 0 Å². The summed E-state index contributed by atoms with van der Waals surface area (Å²) < 4.78 is 0. The molecular weight excluding hydrogens is 92.1 g/mol. The molecule has 0 aliphatic rings. The van der Waals surface area contributed by atoms with Gasteiger partial charge in [0.2, 0.25) is 0 Å². The first-order valence-electron chi connectivity index (χ1n) is 2.36. The third kappa shape index (κ3) is 25.0. The van der Waals surface area contributed by atoms with Gasteiger partial charge in [0.25, 0.3) is 0 Å². The topological polar surface area (TPSA) is 72.3 Å². The first kappa shape index (κ1) is 9.99. The zero-order valence-electron chi connectivity index (χ0n) is 4.72. The van der Waals surface area contributed by atoms with Crippen LogP contribution in [0, 0.1) is 0 Å². The molecule has 0 saturated heterocycles. The Balaban J connectivity index is 0. The minimum absolute atomic E-state index is 0.344. The van der Waals surface area contributed by atoms with E-state index in [2.05, 4.69) is 18.6 Å². The number of aliphatic hydroxyl groups excluding tert-OH is 1. The van der Waals surface area contributed by atoms with Crippen molar-refractivity contribution < 1.29 is 5.11 Å². The highest BCUT2D eigenvalue weighted by atomic mass is 16.2. The second kappa shape index (κ2) is 16.9. The monoisotopic (exact) mass is 106 g/mol. The molecule has 0 aromatic rings. The molecule has 7 heavy (non-hydrogen) atoms. The van der Waals surface area contributed by atoms with Gasteiger partial charge >= 0.3 is 0 Å². The van der Waals surface area contributed by atoms with Gasteiger partial charge in [0, 0.05) is 6.61 Å². The summed E-state index contributed by atoms with van der Waals surface area (Å²) in [5.74, 6) is 8.00. The molecule has 0 atom stereocenters. The van der Waals surface area contributed by atoms with E-state index in [1.807, 2.05) is 0 Å². The molecule has 0 rings (SSSR count). The van der Waals surface area contributed by atoms with Gasteiger partial charge < -0.3 is 5.11 Å². The van der Waals surface area contributed by atoms with E-state index in [1.54, 1.807) is 0 Å². The smallest absolute Gasteiger partial charge is 0.0430 e. The van der Waals surface area contributed by atoms with Crippen LogP contribution in [0.2, 0.25) is 0 Å². The lowest BCUT2D eigenvalue weighted by molar-refractivity contribution is 0.287. The fourth-order valence-corrected chi connectivity index (χ4v) is 0.158. The Hall–Kier alpha value is -0.120. The van der Waals surface area contributed by atoms with Crippen molar-refractivity contribution >= 4 is 0 Å². The average molecular weight is 106 g/mol. The minimum atomic E-state index is 0.344. The predicted molar refractivity (Wildman–Crippen MR) is 30.4 cm³/mol. The van der Waals surface area contributed by atoms with Crippen LogP contribution >= 0.6 is 0 Å². The summed E-state index contributed by atoms with van der Waals surface area (Å²) in [7, 11) is 0. The van der Waals surface area contributed by atoms with E-state index in [9.17, 15) is 0 Å². The Kier molecular flexibility index (Phi) is 24.1. The largest absolute Gasteiger partial charge is 0.396 e. The lowest BCUT2D eigenvalue weighted by Crippen LogP contribution is -2.02. The number of aliphatic hydroxyl groups is 1. The number of hydrazine groups is 1. The Morgan fingerprint density at radius 3 is 1.86 bits per heavy atom. The molecule has 5 N–H and O–H groups in total. The van der Waals surface area contributed by atoms with Crippen LogP contribution < -0.4 is 11.7 Å². The van der Waals surface area contributed by atoms with Gasteiger partial charge in [-0.15, -0.1) is 0 Å². The first-order valence-corrected chi connectivity index (χ1v) is 2.36. The van der Waals surface area contributed by atoms with Crippen molar-refractivity contribution in [2.75, 3.05) is 6.61 Å². The van der Waals surface area contributed by atoms with Crippen molar-refractivity contribution in [3.8, 4) is 0 Å². The van der Waals surface area contributed by atoms with Crippen molar-refractivity contribution in [2.45, 2.75) is 19.8 Å². The van der Waals surface area contributed by atoms with Crippen LogP contribution in [0.15, 0.2) is 0 Å². The van der Waals surface area contributed by atoms with E-state index in [1.165, 1.54) is 0 Å². The molecule has 0 saturated carbocycles. The molecule has 0 bridgehead atoms. The molecule has 0 aliphatic heterocycles. The van der Waals surface area contributed by atoms with Crippen molar-refractivity contribution in [1.29, 1.82) is 0 Å². The summed E-state index contributed by atoms with van der Waals surface area (Å²) in [4.78, 5) is 0. The lowest BCUT2D eigenvalue weighted by Gasteiger charge is -1.79. The van der Waals surface area contributed by atoms with Gasteiger partial charge in [-0.25, -0.2) is 0 Å². The Morgan fingerprint density at radius 2 is 1.86 bits per heavy atom. The number of hydrogen-bond acceptors (Lipinski definition) is 3. The highest BCUT2D eigenvalue weighted by molar-refractivity contribution is 4.23. The molecule has 0 fully saturated rings. The third-order valence-electron chi connectivity index (χ3n) is 0.512. The molecule has 0 unspecified atom stereocenters. The maximum Gasteiger partial charge on any atom is 0.0430 e. The summed E-state index contributed by atoms with van der Waals surface area (Å²) in [5, 5.41) is 8.07. The molecule has 0 radical (unpaired) electrons. The lowest BCUT2D eigenvalue weighted by atomic mass is 10.4. The van der Waals surface area contributed by atoms with E-state index in [0.717, 1.165) is 12.8 Å². The Morgan fingerprint density at radius 1 is 1.43 bits per heavy atom. The molecular formula is C4H14N2O. The third-order valence-corrected chi connectivity index (χ3v) is 0.512. The number of unbranched alkanes of at least 4 members (excludes halogenated alkanes) is 1. The molecule has 0 aromatic heterocycles. The van der Waals surface area contributed by atoms with E-state index in [4.69, 9.17) is 5.11 Å². The van der Waals surface area contributed by atoms with E-state index in [0.29, 0.717) is 6.61 Å². The summed E-state index contributed by atoms with van der Waals surface area (Å²) in [6.07, 6.45) is 2.04. The Bertz CT molecular complexity index is 17.2. The van der Waals surface area contributed by atoms with Gasteiger partial charge in [-0.3, -0.25) is 11.7 Å². The maximum absolute atomic E-state index is 8.07. The van der Waals surface area contributed by atoms with Gasteiger partial charge in [0.05, 0.1) is 0 Å². The fourth-order valence-electron chi connectivity index (χ4n) is 0.158. The standard InChI is InChI=1S/C4H10O.H4N2/c1-2-3-4-5;1-2/h5H,2-4H2,1H3;1-2H2. The summed E-state index contributed by atoms with van der Waals surface area (Å²) >= 11 is 0. The fraction of sp³-hybridized carbons (Fsp3) is 1.00. The van der Waals surface area contributed by atoms with Crippen LogP contribution in [0.5, 0.6) is 0 Å². The van der Waals surface area contributed by atoms with Gasteiger partial charge in [-0.05, 0) is 6.42 Å².